The first-order valence-corrected chi connectivity index (χ1v) is 10.1. The lowest BCUT2D eigenvalue weighted by atomic mass is 10.0. The summed E-state index contributed by atoms with van der Waals surface area (Å²) >= 11 is 0. The maximum Gasteiger partial charge on any atom is 0.326 e. The van der Waals surface area contributed by atoms with Gasteiger partial charge in [-0.15, -0.1) is 0 Å². The van der Waals surface area contributed by atoms with E-state index in [0.717, 1.165) is 0 Å². The summed E-state index contributed by atoms with van der Waals surface area (Å²) in [6.45, 7) is 2.70. The lowest BCUT2D eigenvalue weighted by molar-refractivity contribution is -0.147. The molecule has 4 unspecified atom stereocenters. The molecule has 0 aromatic rings. The van der Waals surface area contributed by atoms with Crippen molar-refractivity contribution in [2.45, 2.75) is 57.3 Å². The molecule has 0 fully saturated rings. The summed E-state index contributed by atoms with van der Waals surface area (Å²) in [6.07, 6.45) is -0.691. The minimum Gasteiger partial charge on any atom is -0.481 e. The molecule has 3 amide bonds. The van der Waals surface area contributed by atoms with Crippen LogP contribution in [0.2, 0.25) is 0 Å². The molecule has 15 nitrogen and oxygen atoms in total. The number of nitrogens with two attached hydrogens (primary N) is 3. The number of carboxylic acid groups (broad SMARTS) is 2. The van der Waals surface area contributed by atoms with Crippen molar-refractivity contribution >= 4 is 35.6 Å². The SMILES string of the molecule is CC(C)C(NC(=O)C(N)CO)C(=O)NC(CCCN=C(N)N)C(=O)NC(CC(=O)O)C(=O)O. The van der Waals surface area contributed by atoms with E-state index in [0.29, 0.717) is 0 Å². The van der Waals surface area contributed by atoms with Crippen LogP contribution in [0.15, 0.2) is 4.99 Å². The quantitative estimate of drug-likeness (QED) is 0.0625. The Morgan fingerprint density at radius 3 is 1.94 bits per heavy atom. The van der Waals surface area contributed by atoms with E-state index in [4.69, 9.17) is 32.5 Å². The van der Waals surface area contributed by atoms with Crippen LogP contribution in [-0.2, 0) is 24.0 Å². The van der Waals surface area contributed by atoms with Gasteiger partial charge in [-0.3, -0.25) is 24.2 Å². The van der Waals surface area contributed by atoms with Gasteiger partial charge in [0.25, 0.3) is 0 Å². The molecule has 33 heavy (non-hydrogen) atoms. The molecule has 4 atom stereocenters. The number of rotatable bonds is 15. The first-order chi connectivity index (χ1) is 15.3. The Labute approximate surface area is 190 Å². The van der Waals surface area contributed by atoms with Crippen LogP contribution in [0.3, 0.4) is 0 Å². The van der Waals surface area contributed by atoms with Crippen molar-refractivity contribution in [3.63, 3.8) is 0 Å². The van der Waals surface area contributed by atoms with Gasteiger partial charge in [0.05, 0.1) is 13.0 Å². The van der Waals surface area contributed by atoms with E-state index in [1.54, 1.807) is 13.8 Å². The van der Waals surface area contributed by atoms with Gasteiger partial charge in [-0.1, -0.05) is 13.8 Å². The van der Waals surface area contributed by atoms with Gasteiger partial charge in [-0.2, -0.15) is 0 Å². The number of hydrogen-bond donors (Lipinski definition) is 9. The number of amides is 3. The summed E-state index contributed by atoms with van der Waals surface area (Å²) in [6, 6.07) is -5.40. The van der Waals surface area contributed by atoms with Crippen LogP contribution in [-0.4, -0.2) is 88.3 Å². The molecule has 15 heteroatoms. The summed E-state index contributed by atoms with van der Waals surface area (Å²) in [5.41, 5.74) is 15.9. The summed E-state index contributed by atoms with van der Waals surface area (Å²) < 4.78 is 0. The smallest absolute Gasteiger partial charge is 0.326 e. The van der Waals surface area contributed by atoms with E-state index in [1.165, 1.54) is 0 Å². The molecule has 0 aliphatic carbocycles. The average Bonchev–Trinajstić information content (AvgIpc) is 2.71. The number of carbonyl (C=O) groups is 5. The lowest BCUT2D eigenvalue weighted by Crippen LogP contribution is -2.58. The highest BCUT2D eigenvalue weighted by Gasteiger charge is 2.32. The highest BCUT2D eigenvalue weighted by Crippen LogP contribution is 2.06. The third-order valence-corrected chi connectivity index (χ3v) is 4.35. The Balaban J connectivity index is 5.55. The fourth-order valence-corrected chi connectivity index (χ4v) is 2.56. The van der Waals surface area contributed by atoms with E-state index >= 15 is 0 Å². The zero-order valence-corrected chi connectivity index (χ0v) is 18.5. The number of nitrogens with one attached hydrogen (secondary N) is 3. The molecule has 0 radical (unpaired) electrons. The van der Waals surface area contributed by atoms with Gasteiger partial charge in [-0.05, 0) is 18.8 Å². The highest BCUT2D eigenvalue weighted by atomic mass is 16.4. The number of aliphatic carboxylic acids is 2. The Kier molecular flexibility index (Phi) is 13.0. The molecule has 0 aliphatic rings. The highest BCUT2D eigenvalue weighted by molar-refractivity contribution is 5.94. The van der Waals surface area contributed by atoms with Crippen molar-refractivity contribution in [1.82, 2.24) is 16.0 Å². The molecule has 0 saturated carbocycles. The molecule has 0 aliphatic heterocycles. The van der Waals surface area contributed by atoms with E-state index in [-0.39, 0.29) is 25.3 Å². The van der Waals surface area contributed by atoms with E-state index in [2.05, 4.69) is 20.9 Å². The molecule has 0 spiro atoms. The third kappa shape index (κ3) is 11.6. The predicted molar refractivity (Wildman–Crippen MR) is 115 cm³/mol. The number of aliphatic hydroxyl groups is 1. The fraction of sp³-hybridized carbons (Fsp3) is 0.667. The Morgan fingerprint density at radius 1 is 0.909 bits per heavy atom. The number of aliphatic hydroxyl groups excluding tert-OH is 1. The topological polar surface area (TPSA) is 273 Å². The molecular weight excluding hydrogens is 442 g/mol. The molecule has 0 saturated heterocycles. The Bertz CT molecular complexity index is 739. The second-order valence-corrected chi connectivity index (χ2v) is 7.53. The van der Waals surface area contributed by atoms with Crippen molar-refractivity contribution < 1.29 is 39.3 Å². The lowest BCUT2D eigenvalue weighted by Gasteiger charge is -2.26. The fourth-order valence-electron chi connectivity index (χ4n) is 2.56. The van der Waals surface area contributed by atoms with Gasteiger partial charge in [-0.25, -0.2) is 4.79 Å². The van der Waals surface area contributed by atoms with Gasteiger partial charge in [0.1, 0.15) is 24.2 Å². The van der Waals surface area contributed by atoms with Crippen molar-refractivity contribution in [2.75, 3.05) is 13.2 Å². The van der Waals surface area contributed by atoms with Crippen LogP contribution < -0.4 is 33.2 Å². The monoisotopic (exact) mass is 475 g/mol. The second kappa shape index (κ2) is 14.6. The predicted octanol–water partition coefficient (Wildman–Crippen LogP) is -3.97. The molecule has 188 valence electrons. The number of carboxylic acids is 2. The van der Waals surface area contributed by atoms with Gasteiger partial charge in [0.15, 0.2) is 5.96 Å². The minimum atomic E-state index is -1.73. The summed E-state index contributed by atoms with van der Waals surface area (Å²) in [4.78, 5) is 63.4. The number of hydrogen-bond acceptors (Lipinski definition) is 8. The van der Waals surface area contributed by atoms with Crippen LogP contribution >= 0.6 is 0 Å². The molecule has 0 bridgehead atoms. The van der Waals surface area contributed by atoms with Crippen molar-refractivity contribution in [3.05, 3.63) is 0 Å². The van der Waals surface area contributed by atoms with Crippen LogP contribution in [0.4, 0.5) is 0 Å². The first kappa shape index (κ1) is 29.5. The molecular formula is C18H33N7O8. The third-order valence-electron chi connectivity index (χ3n) is 4.35. The van der Waals surface area contributed by atoms with Crippen LogP contribution in [0, 0.1) is 5.92 Å². The Morgan fingerprint density at radius 2 is 1.48 bits per heavy atom. The molecule has 0 heterocycles. The molecule has 0 rings (SSSR count). The van der Waals surface area contributed by atoms with E-state index < -0.39 is 72.8 Å². The minimum absolute atomic E-state index is 0.0251. The zero-order valence-electron chi connectivity index (χ0n) is 18.5. The second-order valence-electron chi connectivity index (χ2n) is 7.53. The van der Waals surface area contributed by atoms with Crippen molar-refractivity contribution in [3.8, 4) is 0 Å². The Hall–Kier alpha value is -3.46. The molecule has 0 aromatic carbocycles. The summed E-state index contributed by atoms with van der Waals surface area (Å²) in [5, 5.41) is 33.9. The molecule has 0 aromatic heterocycles. The summed E-state index contributed by atoms with van der Waals surface area (Å²) in [5.74, 6) is -6.13. The van der Waals surface area contributed by atoms with Gasteiger partial charge >= 0.3 is 11.9 Å². The van der Waals surface area contributed by atoms with Gasteiger partial charge in [0, 0.05) is 6.54 Å². The zero-order chi connectivity index (χ0) is 25.7. The number of aliphatic imine (C=N–C) groups is 1. The summed E-state index contributed by atoms with van der Waals surface area (Å²) in [7, 11) is 0. The van der Waals surface area contributed by atoms with E-state index in [9.17, 15) is 24.0 Å². The van der Waals surface area contributed by atoms with E-state index in [1.807, 2.05) is 0 Å². The average molecular weight is 476 g/mol. The molecule has 12 N–H and O–H groups in total. The maximum atomic E-state index is 12.8. The van der Waals surface area contributed by atoms with Crippen molar-refractivity contribution in [2.24, 2.45) is 28.1 Å². The normalized spacial score (nSPS) is 14.3. The number of nitrogens with zero attached hydrogens (tertiary/aromatic N) is 1. The van der Waals surface area contributed by atoms with Gasteiger partial charge < -0.3 is 48.5 Å². The number of carbonyl (C=O) groups excluding carboxylic acids is 3. The van der Waals surface area contributed by atoms with Gasteiger partial charge in [0.2, 0.25) is 17.7 Å². The van der Waals surface area contributed by atoms with Crippen LogP contribution in [0.1, 0.15) is 33.1 Å². The first-order valence-electron chi connectivity index (χ1n) is 10.1. The maximum absolute atomic E-state index is 12.8. The largest absolute Gasteiger partial charge is 0.481 e. The standard InChI is InChI=1S/C18H33N7O8/c1-8(2)13(25-14(29)9(19)7-26)16(31)23-10(4-3-5-22-18(20)21)15(30)24-11(17(32)33)6-12(27)28/h8-11,13,26H,3-7,19H2,1-2H3,(H,23,31)(H,24,30)(H,25,29)(H,27,28)(H,32,33)(H4,20,21,22). The van der Waals surface area contributed by atoms with Crippen molar-refractivity contribution in [1.29, 1.82) is 0 Å². The number of guanidine groups is 1. The van der Waals surface area contributed by atoms with Crippen LogP contribution in [0.25, 0.3) is 0 Å². The van der Waals surface area contributed by atoms with Crippen LogP contribution in [0.5, 0.6) is 0 Å².